The zero-order valence-electron chi connectivity index (χ0n) is 9.75. The summed E-state index contributed by atoms with van der Waals surface area (Å²) in [4.78, 5) is 0. The number of hydrogen-bond donors (Lipinski definition) is 2. The van der Waals surface area contributed by atoms with Crippen LogP contribution < -0.4 is 0 Å². The molecule has 0 unspecified atom stereocenters. The Morgan fingerprint density at radius 2 is 2.17 bits per heavy atom. The Labute approximate surface area is 104 Å². The highest BCUT2D eigenvalue weighted by molar-refractivity contribution is 7.92. The summed E-state index contributed by atoms with van der Waals surface area (Å²) >= 11 is 0. The molecule has 7 heteroatoms. The van der Waals surface area contributed by atoms with Gasteiger partial charge in [0, 0.05) is 11.3 Å². The van der Waals surface area contributed by atoms with Gasteiger partial charge in [0.15, 0.2) is 9.84 Å². The topological polar surface area (TPSA) is 87.0 Å². The van der Waals surface area contributed by atoms with E-state index in [-0.39, 0.29) is 17.0 Å². The molecule has 0 heterocycles. The molecule has 0 amide bonds. The summed E-state index contributed by atoms with van der Waals surface area (Å²) in [6, 6.07) is 5.00. The number of halogens is 1. The fourth-order valence-electron chi connectivity index (χ4n) is 1.53. The quantitative estimate of drug-likeness (QED) is 0.473. The molecule has 0 aliphatic rings. The van der Waals surface area contributed by atoms with E-state index in [2.05, 4.69) is 5.16 Å². The molecule has 0 aromatic heterocycles. The average Bonchev–Trinajstić information content (AvgIpc) is 2.35. The van der Waals surface area contributed by atoms with Crippen LogP contribution in [0, 0.1) is 5.82 Å². The third-order valence-corrected chi connectivity index (χ3v) is 4.58. The lowest BCUT2D eigenvalue weighted by atomic mass is 10.1. The van der Waals surface area contributed by atoms with Crippen LogP contribution in [0.5, 0.6) is 0 Å². The van der Waals surface area contributed by atoms with E-state index < -0.39 is 27.5 Å². The second-order valence-electron chi connectivity index (χ2n) is 3.62. The number of nitrogens with zero attached hydrogens (tertiary/aromatic N) is 1. The summed E-state index contributed by atoms with van der Waals surface area (Å²) in [5.74, 6) is -0.800. The fourth-order valence-corrected chi connectivity index (χ4v) is 2.68. The van der Waals surface area contributed by atoms with Crippen LogP contribution in [0.25, 0.3) is 0 Å². The van der Waals surface area contributed by atoms with Crippen molar-refractivity contribution >= 4 is 15.5 Å². The van der Waals surface area contributed by atoms with Crippen molar-refractivity contribution in [2.75, 3.05) is 12.4 Å². The van der Waals surface area contributed by atoms with Crippen molar-refractivity contribution in [1.29, 1.82) is 0 Å². The molecule has 0 fully saturated rings. The lowest BCUT2D eigenvalue weighted by Crippen LogP contribution is -2.35. The average molecular weight is 275 g/mol. The van der Waals surface area contributed by atoms with Crippen molar-refractivity contribution in [1.82, 2.24) is 0 Å². The smallest absolute Gasteiger partial charge is 0.161 e. The lowest BCUT2D eigenvalue weighted by molar-refractivity contribution is 0.296. The van der Waals surface area contributed by atoms with Crippen LogP contribution in [0.2, 0.25) is 0 Å². The molecule has 0 saturated heterocycles. The number of aliphatic hydroxyl groups is 1. The minimum absolute atomic E-state index is 0.119. The molecule has 0 aliphatic carbocycles. The van der Waals surface area contributed by atoms with Gasteiger partial charge in [0.25, 0.3) is 0 Å². The van der Waals surface area contributed by atoms with E-state index >= 15 is 0 Å². The normalized spacial score (nSPS) is 14.5. The Morgan fingerprint density at radius 1 is 1.50 bits per heavy atom. The summed E-state index contributed by atoms with van der Waals surface area (Å²) in [6.07, 6.45) is 0. The number of hydrogen-bond acceptors (Lipinski definition) is 5. The molecule has 0 aliphatic heterocycles. The first-order valence-corrected chi connectivity index (χ1v) is 6.98. The number of oxime groups is 1. The molecule has 1 aromatic carbocycles. The third kappa shape index (κ3) is 3.05. The molecule has 1 atom stereocenters. The van der Waals surface area contributed by atoms with Crippen molar-refractivity contribution in [3.05, 3.63) is 35.6 Å². The highest BCUT2D eigenvalue weighted by Gasteiger charge is 2.30. The number of rotatable bonds is 5. The fraction of sp³-hybridized carbons (Fsp3) is 0.364. The van der Waals surface area contributed by atoms with Crippen LogP contribution >= 0.6 is 0 Å². The molecule has 1 aromatic rings. The predicted octanol–water partition coefficient (Wildman–Crippen LogP) is 0.800. The van der Waals surface area contributed by atoms with E-state index in [1.807, 2.05) is 0 Å². The third-order valence-electron chi connectivity index (χ3n) is 2.53. The molecular weight excluding hydrogens is 261 g/mol. The first-order chi connectivity index (χ1) is 8.46. The van der Waals surface area contributed by atoms with Gasteiger partial charge in [-0.25, -0.2) is 12.8 Å². The van der Waals surface area contributed by atoms with Gasteiger partial charge in [0.05, 0.1) is 6.61 Å². The molecule has 100 valence electrons. The van der Waals surface area contributed by atoms with Crippen LogP contribution in [-0.2, 0) is 9.84 Å². The van der Waals surface area contributed by atoms with E-state index in [1.165, 1.54) is 25.1 Å². The zero-order chi connectivity index (χ0) is 13.8. The van der Waals surface area contributed by atoms with Gasteiger partial charge in [0.1, 0.15) is 16.8 Å². The van der Waals surface area contributed by atoms with E-state index in [4.69, 9.17) is 10.3 Å². The highest BCUT2D eigenvalue weighted by Crippen LogP contribution is 2.13. The van der Waals surface area contributed by atoms with Crippen molar-refractivity contribution < 1.29 is 23.1 Å². The van der Waals surface area contributed by atoms with Crippen LogP contribution in [0.4, 0.5) is 4.39 Å². The summed E-state index contributed by atoms with van der Waals surface area (Å²) in [5.41, 5.74) is -0.146. The second-order valence-corrected chi connectivity index (χ2v) is 6.09. The Hall–Kier alpha value is -1.47. The predicted molar refractivity (Wildman–Crippen MR) is 65.1 cm³/mol. The lowest BCUT2D eigenvalue weighted by Gasteiger charge is -2.15. The SMILES string of the molecule is CCS(=O)(=O)[C@@H](CO)/C(=N\O)c1cccc(F)c1. The molecular formula is C11H14FNO4S. The van der Waals surface area contributed by atoms with Gasteiger partial charge >= 0.3 is 0 Å². The van der Waals surface area contributed by atoms with Gasteiger partial charge < -0.3 is 10.3 Å². The van der Waals surface area contributed by atoms with Crippen molar-refractivity contribution in [2.45, 2.75) is 12.2 Å². The maximum absolute atomic E-state index is 13.1. The Morgan fingerprint density at radius 3 is 2.61 bits per heavy atom. The van der Waals surface area contributed by atoms with E-state index in [0.717, 1.165) is 6.07 Å². The first-order valence-electron chi connectivity index (χ1n) is 5.26. The Balaban J connectivity index is 3.26. The summed E-state index contributed by atoms with van der Waals surface area (Å²) in [5, 5.41) is 19.6. The standard InChI is InChI=1S/C11H14FNO4S/c1-2-18(16,17)10(7-14)11(13-15)8-4-3-5-9(12)6-8/h3-6,10,14-15H,2,7H2,1H3/b13-11-/t10-/m0/s1. The van der Waals surface area contributed by atoms with Gasteiger partial charge in [-0.3, -0.25) is 0 Å². The monoisotopic (exact) mass is 275 g/mol. The molecule has 0 saturated carbocycles. The second kappa shape index (κ2) is 5.92. The van der Waals surface area contributed by atoms with E-state index in [0.29, 0.717) is 0 Å². The van der Waals surface area contributed by atoms with Crippen LogP contribution in [0.1, 0.15) is 12.5 Å². The molecule has 0 spiro atoms. The van der Waals surface area contributed by atoms with Gasteiger partial charge in [-0.2, -0.15) is 0 Å². The van der Waals surface area contributed by atoms with Crippen molar-refractivity contribution in [3.8, 4) is 0 Å². The molecule has 0 radical (unpaired) electrons. The van der Waals surface area contributed by atoms with Crippen LogP contribution in [0.15, 0.2) is 29.4 Å². The molecule has 18 heavy (non-hydrogen) atoms. The number of aliphatic hydroxyl groups excluding tert-OH is 1. The van der Waals surface area contributed by atoms with Crippen LogP contribution in [0.3, 0.4) is 0 Å². The first kappa shape index (κ1) is 14.6. The maximum Gasteiger partial charge on any atom is 0.161 e. The van der Waals surface area contributed by atoms with Crippen LogP contribution in [-0.4, -0.2) is 42.1 Å². The van der Waals surface area contributed by atoms with Crippen molar-refractivity contribution in [2.24, 2.45) is 5.16 Å². The molecule has 1 rings (SSSR count). The summed E-state index contributed by atoms with van der Waals surface area (Å²) in [7, 11) is -3.65. The van der Waals surface area contributed by atoms with Gasteiger partial charge in [0.2, 0.25) is 0 Å². The van der Waals surface area contributed by atoms with E-state index in [9.17, 15) is 12.8 Å². The highest BCUT2D eigenvalue weighted by atomic mass is 32.2. The van der Waals surface area contributed by atoms with E-state index in [1.54, 1.807) is 0 Å². The van der Waals surface area contributed by atoms with Gasteiger partial charge in [-0.15, -0.1) is 0 Å². The molecule has 0 bridgehead atoms. The Kier molecular flexibility index (Phi) is 4.80. The maximum atomic E-state index is 13.1. The number of sulfone groups is 1. The minimum atomic E-state index is -3.65. The summed E-state index contributed by atoms with van der Waals surface area (Å²) < 4.78 is 36.5. The Bertz CT molecular complexity index is 542. The van der Waals surface area contributed by atoms with Crippen molar-refractivity contribution in [3.63, 3.8) is 0 Å². The minimum Gasteiger partial charge on any atom is -0.411 e. The number of benzene rings is 1. The zero-order valence-corrected chi connectivity index (χ0v) is 10.6. The molecule has 2 N–H and O–H groups in total. The van der Waals surface area contributed by atoms with Gasteiger partial charge in [-0.05, 0) is 12.1 Å². The van der Waals surface area contributed by atoms with Gasteiger partial charge in [-0.1, -0.05) is 24.2 Å². The summed E-state index contributed by atoms with van der Waals surface area (Å²) in [6.45, 7) is 0.685. The molecule has 5 nitrogen and oxygen atoms in total. The largest absolute Gasteiger partial charge is 0.411 e.